The number of benzene rings is 1. The van der Waals surface area contributed by atoms with Gasteiger partial charge >= 0.3 is 17.9 Å². The number of carboxylic acid groups (broad SMARTS) is 2. The van der Waals surface area contributed by atoms with Gasteiger partial charge in [0, 0.05) is 59.4 Å². The molecule has 9 amide bonds. The maximum absolute atomic E-state index is 14.7. The Bertz CT molecular complexity index is 2420. The lowest BCUT2D eigenvalue weighted by Crippen LogP contribution is -2.61. The van der Waals surface area contributed by atoms with E-state index < -0.39 is 181 Å². The first-order chi connectivity index (χ1) is 37.7. The van der Waals surface area contributed by atoms with E-state index in [1.807, 2.05) is 0 Å². The second-order valence-electron chi connectivity index (χ2n) is 22.2. The first-order valence-corrected chi connectivity index (χ1v) is 27.9. The first kappa shape index (κ1) is 65.4. The normalized spacial score (nSPS) is 27.0. The van der Waals surface area contributed by atoms with Crippen LogP contribution in [0.15, 0.2) is 30.3 Å². The van der Waals surface area contributed by atoms with E-state index in [-0.39, 0.29) is 38.8 Å². The molecule has 1 aromatic carbocycles. The molecule has 3 fully saturated rings. The Morgan fingerprint density at radius 2 is 1.12 bits per heavy atom. The maximum Gasteiger partial charge on any atom is 0.329 e. The number of fused-ring (bicyclic) bond motifs is 2. The number of esters is 1. The molecule has 0 aromatic heterocycles. The van der Waals surface area contributed by atoms with Crippen molar-refractivity contribution in [1.82, 2.24) is 45.8 Å². The lowest BCUT2D eigenvalue weighted by molar-refractivity contribution is -0.167. The zero-order valence-electron chi connectivity index (χ0n) is 48.2. The van der Waals surface area contributed by atoms with Gasteiger partial charge in [0.2, 0.25) is 47.3 Å². The van der Waals surface area contributed by atoms with Gasteiger partial charge in [0.15, 0.2) is 6.10 Å². The number of carboxylic acids is 2. The molecule has 1 aromatic rings. The molecule has 0 aliphatic carbocycles. The number of likely N-dealkylation sites (N-methyl/N-ethyl adjacent to an activating group) is 3. The van der Waals surface area contributed by atoms with E-state index in [1.54, 1.807) is 85.7 Å². The number of amides is 9. The number of nitrogens with zero attached hydrogens (tertiary/aromatic N) is 5. The van der Waals surface area contributed by atoms with Crippen LogP contribution in [0.2, 0.25) is 0 Å². The van der Waals surface area contributed by atoms with E-state index >= 15 is 0 Å². The molecule has 3 aliphatic rings. The minimum Gasteiger partial charge on any atom is -0.481 e. The molecule has 11 unspecified atom stereocenters. The smallest absolute Gasteiger partial charge is 0.329 e. The Labute approximate surface area is 468 Å². The van der Waals surface area contributed by atoms with Crippen molar-refractivity contribution in [3.05, 3.63) is 35.9 Å². The molecule has 4 rings (SSSR count). The van der Waals surface area contributed by atoms with Gasteiger partial charge in [-0.2, -0.15) is 0 Å². The van der Waals surface area contributed by atoms with E-state index in [1.165, 1.54) is 30.9 Å². The van der Waals surface area contributed by atoms with Gasteiger partial charge in [0.05, 0.1) is 6.54 Å². The SMILES string of the molecule is CCC(C)C1NC(=O)C(CCC(=O)O)N(C)C(=O)C(C(C)C)N(C)C(=O)CNC(=O)C2CCCN2C(=O)C(Cc2ccccc2)NC(=O)C(C(C)CC)OC(=O)C(CCC(=O)O)N(C)C(=O)C(C(C)C)NC(=O)C2CCCN2C1=O. The zero-order chi connectivity index (χ0) is 59.9. The largest absolute Gasteiger partial charge is 0.481 e. The van der Waals surface area contributed by atoms with Crippen LogP contribution in [0.4, 0.5) is 0 Å². The number of hydrogen-bond donors (Lipinski definition) is 6. The van der Waals surface area contributed by atoms with Crippen molar-refractivity contribution in [1.29, 1.82) is 0 Å². The number of aliphatic carboxylic acids is 2. The van der Waals surface area contributed by atoms with Crippen LogP contribution in [0, 0.1) is 23.7 Å². The van der Waals surface area contributed by atoms with Crippen LogP contribution in [-0.4, -0.2) is 201 Å². The van der Waals surface area contributed by atoms with Gasteiger partial charge in [0.1, 0.15) is 48.3 Å². The minimum absolute atomic E-state index is 0.0649. The molecule has 3 aliphatic heterocycles. The standard InChI is InChI=1S/C56H85N9O15/c1-12-33(7)45-54(77)65-28-18-22-39(65)50(73)59-44(31(3)4)53(76)62(10)40(24-26-43(69)70)56(79)80-47(34(8)13-2)51(74)58-36(29-35-19-15-14-16-20-35)52(75)64-27-17-21-38(64)48(71)57-30-41(66)63(11)46(32(5)6)55(78)61(9)37(49(72)60-45)23-25-42(67)68/h14-16,19-20,31-34,36-40,44-47H,12-13,17-18,21-30H2,1-11H3,(H,57,71)(H,58,74)(H,59,73)(H,60,72)(H,67,68)(H,69,70). The molecule has 11 atom stereocenters. The summed E-state index contributed by atoms with van der Waals surface area (Å²) in [5, 5.41) is 30.4. The fourth-order valence-electron chi connectivity index (χ4n) is 10.5. The Morgan fingerprint density at radius 1 is 0.600 bits per heavy atom. The van der Waals surface area contributed by atoms with Crippen molar-refractivity contribution in [2.24, 2.45) is 23.7 Å². The summed E-state index contributed by atoms with van der Waals surface area (Å²) in [7, 11) is 3.88. The molecule has 6 N–H and O–H groups in total. The number of carbonyl (C=O) groups excluding carboxylic acids is 10. The van der Waals surface area contributed by atoms with Crippen molar-refractivity contribution in [3.63, 3.8) is 0 Å². The van der Waals surface area contributed by atoms with Crippen LogP contribution in [0.5, 0.6) is 0 Å². The van der Waals surface area contributed by atoms with Crippen LogP contribution >= 0.6 is 0 Å². The van der Waals surface area contributed by atoms with E-state index in [0.29, 0.717) is 24.8 Å². The molecule has 80 heavy (non-hydrogen) atoms. The van der Waals surface area contributed by atoms with Crippen molar-refractivity contribution in [2.45, 2.75) is 180 Å². The molecule has 0 spiro atoms. The molecule has 3 saturated heterocycles. The van der Waals surface area contributed by atoms with E-state index in [9.17, 15) is 67.7 Å². The highest BCUT2D eigenvalue weighted by Gasteiger charge is 2.45. The van der Waals surface area contributed by atoms with Crippen LogP contribution in [0.3, 0.4) is 0 Å². The highest BCUT2D eigenvalue weighted by molar-refractivity contribution is 5.99. The van der Waals surface area contributed by atoms with Gasteiger partial charge in [-0.05, 0) is 68.3 Å². The fourth-order valence-corrected chi connectivity index (χ4v) is 10.5. The van der Waals surface area contributed by atoms with Crippen molar-refractivity contribution < 1.29 is 72.5 Å². The summed E-state index contributed by atoms with van der Waals surface area (Å²) in [6.45, 7) is 13.0. The molecule has 0 saturated carbocycles. The highest BCUT2D eigenvalue weighted by atomic mass is 16.6. The third kappa shape index (κ3) is 16.7. The summed E-state index contributed by atoms with van der Waals surface area (Å²) < 4.78 is 5.95. The van der Waals surface area contributed by atoms with E-state index in [2.05, 4.69) is 21.3 Å². The van der Waals surface area contributed by atoms with Gasteiger partial charge in [-0.3, -0.25) is 52.7 Å². The summed E-state index contributed by atoms with van der Waals surface area (Å²) in [4.78, 5) is 174. The highest BCUT2D eigenvalue weighted by Crippen LogP contribution is 2.26. The summed E-state index contributed by atoms with van der Waals surface area (Å²) >= 11 is 0. The molecule has 3 heterocycles. The average molecular weight is 1120 g/mol. The summed E-state index contributed by atoms with van der Waals surface area (Å²) in [6, 6.07) is -1.85. The monoisotopic (exact) mass is 1120 g/mol. The number of nitrogens with one attached hydrogen (secondary N) is 4. The van der Waals surface area contributed by atoms with Gasteiger partial charge < -0.3 is 60.7 Å². The number of carbonyl (C=O) groups is 12. The van der Waals surface area contributed by atoms with Crippen molar-refractivity contribution in [2.75, 3.05) is 40.8 Å². The second kappa shape index (κ2) is 29.9. The Kier molecular flexibility index (Phi) is 24.4. The van der Waals surface area contributed by atoms with Gasteiger partial charge in [-0.15, -0.1) is 0 Å². The van der Waals surface area contributed by atoms with E-state index in [0.717, 1.165) is 14.7 Å². The number of cyclic esters (lactones) is 1. The number of hydrogen-bond acceptors (Lipinski definition) is 13. The van der Waals surface area contributed by atoms with E-state index in [4.69, 9.17) is 4.74 Å². The molecule has 0 bridgehead atoms. The maximum atomic E-state index is 14.7. The topological polar surface area (TPSA) is 319 Å². The Balaban J connectivity index is 1.86. The second-order valence-corrected chi connectivity index (χ2v) is 22.2. The first-order valence-electron chi connectivity index (χ1n) is 27.9. The lowest BCUT2D eigenvalue weighted by Gasteiger charge is -2.37. The molecular formula is C56H85N9O15. The summed E-state index contributed by atoms with van der Waals surface area (Å²) in [5.74, 6) is -13.0. The van der Waals surface area contributed by atoms with Crippen LogP contribution < -0.4 is 21.3 Å². The minimum atomic E-state index is -1.61. The van der Waals surface area contributed by atoms with Gasteiger partial charge in [-0.25, -0.2) is 4.79 Å². The number of rotatable bonds is 14. The molecule has 24 nitrogen and oxygen atoms in total. The van der Waals surface area contributed by atoms with Crippen molar-refractivity contribution >= 4 is 71.1 Å². The van der Waals surface area contributed by atoms with Crippen LogP contribution in [-0.2, 0) is 68.7 Å². The summed E-state index contributed by atoms with van der Waals surface area (Å²) in [6.07, 6.45) is -1.98. The molecule has 444 valence electrons. The fraction of sp³-hybridized carbons (Fsp3) is 0.679. The lowest BCUT2D eigenvalue weighted by atomic mass is 9.95. The van der Waals surface area contributed by atoms with Gasteiger partial charge in [-0.1, -0.05) is 92.1 Å². The summed E-state index contributed by atoms with van der Waals surface area (Å²) in [5.41, 5.74) is 0.631. The third-order valence-electron chi connectivity index (χ3n) is 15.8. The van der Waals surface area contributed by atoms with Crippen LogP contribution in [0.25, 0.3) is 0 Å². The van der Waals surface area contributed by atoms with Crippen LogP contribution in [0.1, 0.15) is 125 Å². The number of ether oxygens (including phenoxy) is 1. The molecular weight excluding hydrogens is 1040 g/mol. The predicted molar refractivity (Wildman–Crippen MR) is 290 cm³/mol. The Morgan fingerprint density at radius 3 is 1.66 bits per heavy atom. The Hall–Kier alpha value is -7.14. The van der Waals surface area contributed by atoms with Gasteiger partial charge in [0.25, 0.3) is 5.91 Å². The van der Waals surface area contributed by atoms with Crippen molar-refractivity contribution in [3.8, 4) is 0 Å². The molecule has 0 radical (unpaired) electrons. The average Bonchev–Trinajstić information content (AvgIpc) is 4.12. The third-order valence-corrected chi connectivity index (χ3v) is 15.8. The molecule has 24 heteroatoms. The zero-order valence-corrected chi connectivity index (χ0v) is 48.2. The predicted octanol–water partition coefficient (Wildman–Crippen LogP) is 1.32. The quantitative estimate of drug-likeness (QED) is 0.143.